The second-order valence-corrected chi connectivity index (χ2v) is 7.50. The molecule has 1 saturated heterocycles. The summed E-state index contributed by atoms with van der Waals surface area (Å²) in [7, 11) is 3.80. The van der Waals surface area contributed by atoms with Gasteiger partial charge in [0.15, 0.2) is 0 Å². The third-order valence-corrected chi connectivity index (χ3v) is 5.32. The molecule has 0 aliphatic carbocycles. The summed E-state index contributed by atoms with van der Waals surface area (Å²) >= 11 is 0. The number of hydrogen-bond acceptors (Lipinski definition) is 4. The zero-order valence-corrected chi connectivity index (χ0v) is 17.1. The molecule has 1 amide bonds. The molecule has 1 aliphatic heterocycles. The van der Waals surface area contributed by atoms with Crippen molar-refractivity contribution in [3.8, 4) is 0 Å². The lowest BCUT2D eigenvalue weighted by molar-refractivity contribution is -0.132. The Hall–Kier alpha value is -3.93. The van der Waals surface area contributed by atoms with Crippen LogP contribution < -0.4 is 9.80 Å². The average Bonchev–Trinajstić information content (AvgIpc) is 3.05. The van der Waals surface area contributed by atoms with Gasteiger partial charge in [0.2, 0.25) is 0 Å². The topological polar surface area (TPSA) is 60.9 Å². The number of aliphatic hydroxyl groups excluding tert-OH is 1. The van der Waals surface area contributed by atoms with E-state index < -0.39 is 23.5 Å². The van der Waals surface area contributed by atoms with E-state index >= 15 is 0 Å². The number of benzene rings is 3. The standard InChI is InChI=1S/C25H21FN2O3/c1-27(2)19-12-14-20(15-13-19)28-22(16-8-10-18(26)11-9-16)21(24(30)25(28)31)23(29)17-6-4-3-5-7-17/h3-15,22,29H,1-2H3/t22-/m0/s1. The number of hydrogen-bond donors (Lipinski definition) is 1. The first-order valence-electron chi connectivity index (χ1n) is 9.78. The Morgan fingerprint density at radius 3 is 2.10 bits per heavy atom. The number of halogens is 1. The number of rotatable bonds is 4. The van der Waals surface area contributed by atoms with Crippen LogP contribution in [0.1, 0.15) is 17.2 Å². The molecule has 4 rings (SSSR count). The number of carbonyl (C=O) groups excluding carboxylic acids is 2. The highest BCUT2D eigenvalue weighted by Gasteiger charge is 2.46. The SMILES string of the molecule is CN(C)c1ccc(N2C(=O)C(=O)C(=C(O)c3ccccc3)[C@@H]2c2ccc(F)cc2)cc1. The van der Waals surface area contributed by atoms with E-state index in [0.717, 1.165) is 5.69 Å². The minimum atomic E-state index is -0.883. The fourth-order valence-corrected chi connectivity index (χ4v) is 3.72. The van der Waals surface area contributed by atoms with Gasteiger partial charge in [-0.15, -0.1) is 0 Å². The molecule has 156 valence electrons. The zero-order chi connectivity index (χ0) is 22.1. The Balaban J connectivity index is 1.90. The van der Waals surface area contributed by atoms with Crippen LogP contribution in [-0.4, -0.2) is 30.9 Å². The maximum Gasteiger partial charge on any atom is 0.300 e. The highest BCUT2D eigenvalue weighted by Crippen LogP contribution is 2.42. The van der Waals surface area contributed by atoms with Crippen LogP contribution in [0.25, 0.3) is 5.76 Å². The first kappa shape index (κ1) is 20.3. The van der Waals surface area contributed by atoms with Gasteiger partial charge in [0.05, 0.1) is 11.6 Å². The Morgan fingerprint density at radius 1 is 0.903 bits per heavy atom. The summed E-state index contributed by atoms with van der Waals surface area (Å²) in [6, 6.07) is 20.5. The monoisotopic (exact) mass is 416 g/mol. The molecule has 3 aromatic carbocycles. The lowest BCUT2D eigenvalue weighted by Crippen LogP contribution is -2.29. The molecule has 6 heteroatoms. The highest BCUT2D eigenvalue weighted by molar-refractivity contribution is 6.51. The molecule has 1 N–H and O–H groups in total. The molecule has 1 fully saturated rings. The van der Waals surface area contributed by atoms with Gasteiger partial charge in [-0.1, -0.05) is 42.5 Å². The summed E-state index contributed by atoms with van der Waals surface area (Å²) in [5, 5.41) is 11.0. The molecular formula is C25H21FN2O3. The van der Waals surface area contributed by atoms with Gasteiger partial charge in [0, 0.05) is 31.0 Å². The summed E-state index contributed by atoms with van der Waals surface area (Å²) in [6.45, 7) is 0. The van der Waals surface area contributed by atoms with Crippen LogP contribution in [0.4, 0.5) is 15.8 Å². The number of carbonyl (C=O) groups is 2. The van der Waals surface area contributed by atoms with Gasteiger partial charge in [0.1, 0.15) is 11.6 Å². The molecule has 0 radical (unpaired) electrons. The smallest absolute Gasteiger partial charge is 0.300 e. The van der Waals surface area contributed by atoms with E-state index in [4.69, 9.17) is 0 Å². The summed E-state index contributed by atoms with van der Waals surface area (Å²) in [4.78, 5) is 29.4. The summed E-state index contributed by atoms with van der Waals surface area (Å²) in [5.41, 5.74) is 2.36. The van der Waals surface area contributed by atoms with Gasteiger partial charge >= 0.3 is 0 Å². The maximum absolute atomic E-state index is 13.6. The predicted molar refractivity (Wildman–Crippen MR) is 118 cm³/mol. The average molecular weight is 416 g/mol. The molecule has 1 atom stereocenters. The molecule has 1 aliphatic rings. The van der Waals surface area contributed by atoms with E-state index in [-0.39, 0.29) is 11.3 Å². The quantitative estimate of drug-likeness (QED) is 0.386. The Labute approximate surface area is 179 Å². The zero-order valence-electron chi connectivity index (χ0n) is 17.1. The molecule has 0 unspecified atom stereocenters. The van der Waals surface area contributed by atoms with E-state index in [1.807, 2.05) is 31.1 Å². The van der Waals surface area contributed by atoms with Crippen LogP contribution in [0.2, 0.25) is 0 Å². The number of ketones is 1. The molecule has 0 saturated carbocycles. The molecule has 0 aromatic heterocycles. The maximum atomic E-state index is 13.6. The number of Topliss-reactive ketones (excluding diaryl/α,β-unsaturated/α-hetero) is 1. The second-order valence-electron chi connectivity index (χ2n) is 7.50. The van der Waals surface area contributed by atoms with Crippen molar-refractivity contribution in [1.82, 2.24) is 0 Å². The Kier molecular flexibility index (Phi) is 5.29. The molecular weight excluding hydrogens is 395 g/mol. The summed E-state index contributed by atoms with van der Waals surface area (Å²) in [5.74, 6) is -2.23. The van der Waals surface area contributed by atoms with Crippen LogP contribution in [-0.2, 0) is 9.59 Å². The van der Waals surface area contributed by atoms with E-state index in [1.165, 1.54) is 29.2 Å². The molecule has 3 aromatic rings. The van der Waals surface area contributed by atoms with Gasteiger partial charge in [-0.3, -0.25) is 14.5 Å². The summed E-state index contributed by atoms with van der Waals surface area (Å²) < 4.78 is 13.6. The first-order chi connectivity index (χ1) is 14.9. The van der Waals surface area contributed by atoms with Gasteiger partial charge < -0.3 is 10.0 Å². The van der Waals surface area contributed by atoms with E-state index in [1.54, 1.807) is 42.5 Å². The van der Waals surface area contributed by atoms with Crippen LogP contribution >= 0.6 is 0 Å². The van der Waals surface area contributed by atoms with Gasteiger partial charge in [-0.2, -0.15) is 0 Å². The van der Waals surface area contributed by atoms with Crippen molar-refractivity contribution in [3.05, 3.63) is 101 Å². The van der Waals surface area contributed by atoms with Crippen molar-refractivity contribution in [1.29, 1.82) is 0 Å². The number of amides is 1. The van der Waals surface area contributed by atoms with Gasteiger partial charge in [-0.25, -0.2) is 4.39 Å². The van der Waals surface area contributed by atoms with Crippen molar-refractivity contribution in [2.24, 2.45) is 0 Å². The van der Waals surface area contributed by atoms with Crippen molar-refractivity contribution in [2.75, 3.05) is 23.9 Å². The van der Waals surface area contributed by atoms with Crippen molar-refractivity contribution in [2.45, 2.75) is 6.04 Å². The molecule has 0 bridgehead atoms. The highest BCUT2D eigenvalue weighted by atomic mass is 19.1. The molecule has 0 spiro atoms. The molecule has 1 heterocycles. The van der Waals surface area contributed by atoms with Crippen LogP contribution in [0.3, 0.4) is 0 Å². The van der Waals surface area contributed by atoms with E-state index in [9.17, 15) is 19.1 Å². The predicted octanol–water partition coefficient (Wildman–Crippen LogP) is 4.52. The van der Waals surface area contributed by atoms with Crippen molar-refractivity contribution >= 4 is 28.8 Å². The fraction of sp³-hybridized carbons (Fsp3) is 0.120. The number of anilines is 2. The number of aliphatic hydroxyl groups is 1. The largest absolute Gasteiger partial charge is 0.507 e. The van der Waals surface area contributed by atoms with Gasteiger partial charge in [-0.05, 0) is 42.0 Å². The Bertz CT molecular complexity index is 1150. The van der Waals surface area contributed by atoms with Crippen LogP contribution in [0.5, 0.6) is 0 Å². The second kappa shape index (κ2) is 8.07. The number of nitrogens with zero attached hydrogens (tertiary/aromatic N) is 2. The fourth-order valence-electron chi connectivity index (χ4n) is 3.72. The van der Waals surface area contributed by atoms with E-state index in [2.05, 4.69) is 0 Å². The lowest BCUT2D eigenvalue weighted by atomic mass is 9.95. The summed E-state index contributed by atoms with van der Waals surface area (Å²) in [6.07, 6.45) is 0. The van der Waals surface area contributed by atoms with Crippen molar-refractivity contribution in [3.63, 3.8) is 0 Å². The molecule has 5 nitrogen and oxygen atoms in total. The van der Waals surface area contributed by atoms with Gasteiger partial charge in [0.25, 0.3) is 11.7 Å². The minimum Gasteiger partial charge on any atom is -0.507 e. The normalized spacial score (nSPS) is 17.8. The first-order valence-corrected chi connectivity index (χ1v) is 9.78. The van der Waals surface area contributed by atoms with E-state index in [0.29, 0.717) is 16.8 Å². The minimum absolute atomic E-state index is 0.0282. The third kappa shape index (κ3) is 3.68. The Morgan fingerprint density at radius 2 is 1.52 bits per heavy atom. The lowest BCUT2D eigenvalue weighted by Gasteiger charge is -2.26. The van der Waals surface area contributed by atoms with Crippen LogP contribution in [0.15, 0.2) is 84.4 Å². The van der Waals surface area contributed by atoms with Crippen molar-refractivity contribution < 1.29 is 19.1 Å². The third-order valence-electron chi connectivity index (χ3n) is 5.32. The molecule has 31 heavy (non-hydrogen) atoms. The van der Waals surface area contributed by atoms with Crippen LogP contribution in [0, 0.1) is 5.82 Å².